The highest BCUT2D eigenvalue weighted by Gasteiger charge is 2.20. The SMILES string of the molecule is CCCN1CCCC(Nc2ccc(Cl)cc2[N+](=O)[O-])CC1. The summed E-state index contributed by atoms with van der Waals surface area (Å²) in [7, 11) is 0. The van der Waals surface area contributed by atoms with Gasteiger partial charge in [0.2, 0.25) is 0 Å². The van der Waals surface area contributed by atoms with Crippen LogP contribution in [0.15, 0.2) is 18.2 Å². The summed E-state index contributed by atoms with van der Waals surface area (Å²) in [6, 6.07) is 5.09. The van der Waals surface area contributed by atoms with Crippen LogP contribution in [0.5, 0.6) is 0 Å². The molecule has 1 N–H and O–H groups in total. The number of nitrogens with one attached hydrogen (secondary N) is 1. The maximum absolute atomic E-state index is 11.1. The van der Waals surface area contributed by atoms with E-state index < -0.39 is 0 Å². The summed E-state index contributed by atoms with van der Waals surface area (Å²) < 4.78 is 0. The molecular formula is C15H22ClN3O2. The highest BCUT2D eigenvalue weighted by molar-refractivity contribution is 6.30. The van der Waals surface area contributed by atoms with Gasteiger partial charge in [-0.3, -0.25) is 10.1 Å². The van der Waals surface area contributed by atoms with Crippen molar-refractivity contribution in [2.45, 2.75) is 38.6 Å². The lowest BCUT2D eigenvalue weighted by Crippen LogP contribution is -2.27. The molecule has 0 bridgehead atoms. The number of hydrogen-bond acceptors (Lipinski definition) is 4. The molecule has 1 aliphatic rings. The fraction of sp³-hybridized carbons (Fsp3) is 0.600. The predicted octanol–water partition coefficient (Wildman–Crippen LogP) is 3.92. The number of nitro groups is 1. The Kier molecular flexibility index (Phi) is 5.82. The van der Waals surface area contributed by atoms with Crippen LogP contribution < -0.4 is 5.32 Å². The van der Waals surface area contributed by atoms with Gasteiger partial charge >= 0.3 is 0 Å². The summed E-state index contributed by atoms with van der Waals surface area (Å²) in [5.74, 6) is 0. The first-order valence-electron chi connectivity index (χ1n) is 7.53. The Balaban J connectivity index is 2.03. The van der Waals surface area contributed by atoms with E-state index >= 15 is 0 Å². The normalized spacial score (nSPS) is 20.0. The molecule has 1 saturated heterocycles. The van der Waals surface area contributed by atoms with Crippen molar-refractivity contribution in [3.63, 3.8) is 0 Å². The molecule has 1 atom stereocenters. The largest absolute Gasteiger partial charge is 0.377 e. The first-order chi connectivity index (χ1) is 10.1. The lowest BCUT2D eigenvalue weighted by Gasteiger charge is -2.20. The molecule has 0 aromatic heterocycles. The molecule has 116 valence electrons. The molecule has 0 aliphatic carbocycles. The minimum absolute atomic E-state index is 0.0529. The molecule has 1 fully saturated rings. The Morgan fingerprint density at radius 2 is 2.24 bits per heavy atom. The summed E-state index contributed by atoms with van der Waals surface area (Å²) in [6.45, 7) is 5.49. The van der Waals surface area contributed by atoms with Crippen LogP contribution in [0, 0.1) is 10.1 Å². The van der Waals surface area contributed by atoms with Gasteiger partial charge in [-0.15, -0.1) is 0 Å². The van der Waals surface area contributed by atoms with E-state index in [0.717, 1.165) is 38.9 Å². The van der Waals surface area contributed by atoms with E-state index in [4.69, 9.17) is 11.6 Å². The van der Waals surface area contributed by atoms with Crippen LogP contribution in [0.3, 0.4) is 0 Å². The van der Waals surface area contributed by atoms with E-state index in [-0.39, 0.29) is 16.7 Å². The molecule has 6 heteroatoms. The molecule has 1 aromatic carbocycles. The van der Waals surface area contributed by atoms with Crippen LogP contribution in [0.4, 0.5) is 11.4 Å². The van der Waals surface area contributed by atoms with Crippen molar-refractivity contribution in [2.75, 3.05) is 25.0 Å². The maximum Gasteiger partial charge on any atom is 0.293 e. The van der Waals surface area contributed by atoms with E-state index in [1.54, 1.807) is 12.1 Å². The van der Waals surface area contributed by atoms with Crippen molar-refractivity contribution in [1.82, 2.24) is 4.90 Å². The molecule has 21 heavy (non-hydrogen) atoms. The van der Waals surface area contributed by atoms with E-state index in [0.29, 0.717) is 10.7 Å². The Morgan fingerprint density at radius 3 is 2.95 bits per heavy atom. The highest BCUT2D eigenvalue weighted by Crippen LogP contribution is 2.29. The fourth-order valence-corrected chi connectivity index (χ4v) is 3.00. The van der Waals surface area contributed by atoms with Gasteiger partial charge in [0.05, 0.1) is 4.92 Å². The molecule has 0 amide bonds. The molecule has 1 aromatic rings. The lowest BCUT2D eigenvalue weighted by molar-refractivity contribution is -0.384. The van der Waals surface area contributed by atoms with Crippen LogP contribution in [0.2, 0.25) is 5.02 Å². The monoisotopic (exact) mass is 311 g/mol. The fourth-order valence-electron chi connectivity index (χ4n) is 2.84. The van der Waals surface area contributed by atoms with Crippen LogP contribution in [0.1, 0.15) is 32.6 Å². The number of likely N-dealkylation sites (tertiary alicyclic amines) is 1. The minimum atomic E-state index is -0.381. The zero-order valence-electron chi connectivity index (χ0n) is 12.3. The third kappa shape index (κ3) is 4.58. The predicted molar refractivity (Wildman–Crippen MR) is 86.1 cm³/mol. The summed E-state index contributed by atoms with van der Waals surface area (Å²) in [5.41, 5.74) is 0.621. The molecule has 0 radical (unpaired) electrons. The second-order valence-corrected chi connectivity index (χ2v) is 5.97. The van der Waals surface area contributed by atoms with Crippen LogP contribution in [-0.2, 0) is 0 Å². The maximum atomic E-state index is 11.1. The Labute approximate surface area is 130 Å². The Hall–Kier alpha value is -1.33. The van der Waals surface area contributed by atoms with E-state index in [9.17, 15) is 10.1 Å². The van der Waals surface area contributed by atoms with Gasteiger partial charge in [-0.2, -0.15) is 0 Å². The van der Waals surface area contributed by atoms with E-state index in [1.807, 2.05) is 0 Å². The van der Waals surface area contributed by atoms with Crippen molar-refractivity contribution >= 4 is 23.0 Å². The second-order valence-electron chi connectivity index (χ2n) is 5.53. The lowest BCUT2D eigenvalue weighted by atomic mass is 10.1. The average Bonchev–Trinajstić information content (AvgIpc) is 2.67. The van der Waals surface area contributed by atoms with Gasteiger partial charge in [-0.05, 0) is 50.9 Å². The van der Waals surface area contributed by atoms with Crippen molar-refractivity contribution in [2.24, 2.45) is 0 Å². The molecular weight excluding hydrogens is 290 g/mol. The van der Waals surface area contributed by atoms with Crippen LogP contribution >= 0.6 is 11.6 Å². The molecule has 0 spiro atoms. The zero-order chi connectivity index (χ0) is 15.2. The zero-order valence-corrected chi connectivity index (χ0v) is 13.1. The third-order valence-corrected chi connectivity index (χ3v) is 4.11. The summed E-state index contributed by atoms with van der Waals surface area (Å²) >= 11 is 5.84. The molecule has 2 rings (SSSR count). The first-order valence-corrected chi connectivity index (χ1v) is 7.90. The van der Waals surface area contributed by atoms with Gasteiger partial charge < -0.3 is 10.2 Å². The van der Waals surface area contributed by atoms with Crippen LogP contribution in [-0.4, -0.2) is 35.5 Å². The van der Waals surface area contributed by atoms with E-state index in [2.05, 4.69) is 17.1 Å². The number of benzene rings is 1. The van der Waals surface area contributed by atoms with Crippen molar-refractivity contribution < 1.29 is 4.92 Å². The number of hydrogen-bond donors (Lipinski definition) is 1. The van der Waals surface area contributed by atoms with Crippen molar-refractivity contribution in [1.29, 1.82) is 0 Å². The van der Waals surface area contributed by atoms with Gasteiger partial charge in [-0.25, -0.2) is 0 Å². The number of nitrogens with zero attached hydrogens (tertiary/aromatic N) is 2. The summed E-state index contributed by atoms with van der Waals surface area (Å²) in [6.07, 6.45) is 4.35. The van der Waals surface area contributed by atoms with Crippen LogP contribution in [0.25, 0.3) is 0 Å². The number of halogens is 1. The number of anilines is 1. The number of rotatable bonds is 5. The molecule has 1 aliphatic heterocycles. The van der Waals surface area contributed by atoms with Crippen molar-refractivity contribution in [3.8, 4) is 0 Å². The standard InChI is InChI=1S/C15H22ClN3O2/c1-2-8-18-9-3-4-13(7-10-18)17-14-6-5-12(16)11-15(14)19(20)21/h5-6,11,13,17H,2-4,7-10H2,1H3. The summed E-state index contributed by atoms with van der Waals surface area (Å²) in [4.78, 5) is 13.2. The van der Waals surface area contributed by atoms with E-state index in [1.165, 1.54) is 12.5 Å². The third-order valence-electron chi connectivity index (χ3n) is 3.88. The van der Waals surface area contributed by atoms with Gasteiger partial charge in [0.1, 0.15) is 5.69 Å². The summed E-state index contributed by atoms with van der Waals surface area (Å²) in [5, 5.41) is 14.8. The minimum Gasteiger partial charge on any atom is -0.377 e. The first kappa shape index (κ1) is 16.0. The average molecular weight is 312 g/mol. The molecule has 5 nitrogen and oxygen atoms in total. The molecule has 1 unspecified atom stereocenters. The quantitative estimate of drug-likeness (QED) is 0.661. The molecule has 1 heterocycles. The Bertz CT molecular complexity index is 496. The smallest absolute Gasteiger partial charge is 0.293 e. The molecule has 0 saturated carbocycles. The van der Waals surface area contributed by atoms with Crippen molar-refractivity contribution in [3.05, 3.63) is 33.3 Å². The van der Waals surface area contributed by atoms with Gasteiger partial charge in [0.25, 0.3) is 5.69 Å². The topological polar surface area (TPSA) is 58.4 Å². The highest BCUT2D eigenvalue weighted by atomic mass is 35.5. The van der Waals surface area contributed by atoms with Gasteiger partial charge in [0.15, 0.2) is 0 Å². The Morgan fingerprint density at radius 1 is 1.43 bits per heavy atom. The van der Waals surface area contributed by atoms with Gasteiger partial charge in [-0.1, -0.05) is 18.5 Å². The number of nitro benzene ring substituents is 1. The van der Waals surface area contributed by atoms with Gasteiger partial charge in [0, 0.05) is 23.7 Å². The second kappa shape index (κ2) is 7.61.